The van der Waals surface area contributed by atoms with Crippen LogP contribution in [0.5, 0.6) is 0 Å². The maximum atomic E-state index is 12.8. The van der Waals surface area contributed by atoms with E-state index in [2.05, 4.69) is 0 Å². The van der Waals surface area contributed by atoms with Gasteiger partial charge in [0.1, 0.15) is 5.25 Å². The van der Waals surface area contributed by atoms with Crippen molar-refractivity contribution in [1.82, 2.24) is 0 Å². The number of aliphatic carboxylic acids is 1. The smallest absolute Gasteiger partial charge is 0.316 e. The Morgan fingerprint density at radius 3 is 2.58 bits per heavy atom. The first kappa shape index (κ1) is 15.4. The molecule has 0 radical (unpaired) electrons. The van der Waals surface area contributed by atoms with Crippen LogP contribution in [0.15, 0.2) is 23.1 Å². The van der Waals surface area contributed by atoms with Crippen molar-refractivity contribution in [2.24, 2.45) is 0 Å². The van der Waals surface area contributed by atoms with Crippen LogP contribution in [0, 0.1) is 10.1 Å². The van der Waals surface area contributed by atoms with Crippen molar-refractivity contribution >= 4 is 23.4 Å². The van der Waals surface area contributed by atoms with E-state index in [0.29, 0.717) is 0 Å². The number of carboxylic acid groups (broad SMARTS) is 1. The van der Waals surface area contributed by atoms with E-state index in [1.54, 1.807) is 6.92 Å². The second kappa shape index (κ2) is 6.46. The Morgan fingerprint density at radius 1 is 1.53 bits per heavy atom. The van der Waals surface area contributed by atoms with E-state index in [1.165, 1.54) is 0 Å². The Kier molecular flexibility index (Phi) is 5.22. The maximum Gasteiger partial charge on any atom is 0.316 e. The summed E-state index contributed by atoms with van der Waals surface area (Å²) >= 11 is 0.770. The number of halogens is 2. The topological polar surface area (TPSA) is 80.4 Å². The minimum atomic E-state index is -2.89. The zero-order chi connectivity index (χ0) is 14.6. The fourth-order valence-corrected chi connectivity index (χ4v) is 2.39. The number of carbonyl (C=O) groups is 1. The fourth-order valence-electron chi connectivity index (χ4n) is 1.39. The van der Waals surface area contributed by atoms with E-state index < -0.39 is 33.8 Å². The number of benzene rings is 1. The second-order valence-corrected chi connectivity index (χ2v) is 4.88. The molecule has 0 bridgehead atoms. The van der Waals surface area contributed by atoms with Crippen molar-refractivity contribution in [3.05, 3.63) is 33.9 Å². The van der Waals surface area contributed by atoms with Crippen molar-refractivity contribution in [2.75, 3.05) is 0 Å². The summed E-state index contributed by atoms with van der Waals surface area (Å²) in [4.78, 5) is 20.7. The molecule has 0 saturated carbocycles. The van der Waals surface area contributed by atoms with Crippen LogP contribution in [0.1, 0.15) is 25.3 Å². The molecule has 104 valence electrons. The molecule has 0 spiro atoms. The second-order valence-electron chi connectivity index (χ2n) is 3.63. The van der Waals surface area contributed by atoms with Crippen LogP contribution in [0.4, 0.5) is 14.5 Å². The Hall–Kier alpha value is -1.70. The lowest BCUT2D eigenvalue weighted by Crippen LogP contribution is -2.15. The number of carboxylic acids is 1. The van der Waals surface area contributed by atoms with Crippen LogP contribution < -0.4 is 0 Å². The van der Waals surface area contributed by atoms with Gasteiger partial charge in [-0.05, 0) is 12.5 Å². The van der Waals surface area contributed by atoms with Crippen LogP contribution in [0.3, 0.4) is 0 Å². The van der Waals surface area contributed by atoms with E-state index in [4.69, 9.17) is 5.11 Å². The molecule has 0 aliphatic rings. The summed E-state index contributed by atoms with van der Waals surface area (Å²) in [5.74, 6) is -1.11. The molecule has 1 unspecified atom stereocenters. The average molecular weight is 291 g/mol. The Morgan fingerprint density at radius 2 is 2.16 bits per heavy atom. The zero-order valence-electron chi connectivity index (χ0n) is 9.88. The highest BCUT2D eigenvalue weighted by atomic mass is 32.2. The molecular formula is C11H11F2NO4S. The average Bonchev–Trinajstić information content (AvgIpc) is 2.35. The van der Waals surface area contributed by atoms with E-state index in [0.717, 1.165) is 30.0 Å². The van der Waals surface area contributed by atoms with Gasteiger partial charge in [0.05, 0.1) is 4.92 Å². The molecule has 1 aromatic carbocycles. The highest BCUT2D eigenvalue weighted by Crippen LogP contribution is 2.36. The van der Waals surface area contributed by atoms with Crippen molar-refractivity contribution in [3.63, 3.8) is 0 Å². The summed E-state index contributed by atoms with van der Waals surface area (Å²) in [6.45, 7) is 1.62. The normalized spacial score (nSPS) is 12.4. The number of nitro groups is 1. The molecule has 0 aromatic heterocycles. The summed E-state index contributed by atoms with van der Waals surface area (Å²) in [7, 11) is 0. The number of nitro benzene ring substituents is 1. The predicted molar refractivity (Wildman–Crippen MR) is 65.6 cm³/mol. The fraction of sp³-hybridized carbons (Fsp3) is 0.364. The lowest BCUT2D eigenvalue weighted by atomic mass is 10.2. The van der Waals surface area contributed by atoms with Gasteiger partial charge < -0.3 is 5.11 Å². The summed E-state index contributed by atoms with van der Waals surface area (Å²) in [5, 5.41) is 18.6. The summed E-state index contributed by atoms with van der Waals surface area (Å²) in [5.41, 5.74) is -0.957. The molecule has 0 aliphatic heterocycles. The number of alkyl halides is 2. The highest BCUT2D eigenvalue weighted by Gasteiger charge is 2.23. The standard InChI is InChI=1S/C11H11F2NO4S/c1-2-8(11(15)16)19-9-4-3-6(14(17)18)5-7(9)10(12)13/h3-5,8,10H,2H2,1H3,(H,15,16). The largest absolute Gasteiger partial charge is 0.480 e. The van der Waals surface area contributed by atoms with E-state index in [-0.39, 0.29) is 11.3 Å². The minimum absolute atomic E-state index is 0.0508. The van der Waals surface area contributed by atoms with Gasteiger partial charge in [0.25, 0.3) is 12.1 Å². The number of non-ortho nitro benzene ring substituents is 1. The first-order valence-corrected chi connectivity index (χ1v) is 6.20. The van der Waals surface area contributed by atoms with Gasteiger partial charge in [-0.25, -0.2) is 8.78 Å². The molecule has 0 aliphatic carbocycles. The van der Waals surface area contributed by atoms with Crippen molar-refractivity contribution in [2.45, 2.75) is 29.9 Å². The van der Waals surface area contributed by atoms with E-state index in [1.807, 2.05) is 0 Å². The van der Waals surface area contributed by atoms with Crippen molar-refractivity contribution in [1.29, 1.82) is 0 Å². The van der Waals surface area contributed by atoms with Gasteiger partial charge in [0.2, 0.25) is 0 Å². The van der Waals surface area contributed by atoms with Gasteiger partial charge in [0.15, 0.2) is 0 Å². The summed E-state index contributed by atoms with van der Waals surface area (Å²) in [6, 6.07) is 3.03. The predicted octanol–water partition coefficient (Wildman–Crippen LogP) is 3.49. The lowest BCUT2D eigenvalue weighted by Gasteiger charge is -2.12. The molecule has 1 atom stereocenters. The lowest BCUT2D eigenvalue weighted by molar-refractivity contribution is -0.385. The molecule has 1 rings (SSSR count). The van der Waals surface area contributed by atoms with Gasteiger partial charge in [0, 0.05) is 22.6 Å². The highest BCUT2D eigenvalue weighted by molar-refractivity contribution is 8.00. The van der Waals surface area contributed by atoms with Crippen molar-refractivity contribution < 1.29 is 23.6 Å². The molecule has 0 amide bonds. The Bertz CT molecular complexity index is 496. The Balaban J connectivity index is 3.13. The molecule has 19 heavy (non-hydrogen) atoms. The van der Waals surface area contributed by atoms with E-state index in [9.17, 15) is 23.7 Å². The van der Waals surface area contributed by atoms with Gasteiger partial charge in [-0.3, -0.25) is 14.9 Å². The Labute approximate surface area is 111 Å². The van der Waals surface area contributed by atoms with Crippen LogP contribution in [0.2, 0.25) is 0 Å². The monoisotopic (exact) mass is 291 g/mol. The maximum absolute atomic E-state index is 12.8. The number of nitrogens with zero attached hydrogens (tertiary/aromatic N) is 1. The van der Waals surface area contributed by atoms with Gasteiger partial charge in [-0.15, -0.1) is 11.8 Å². The summed E-state index contributed by atoms with van der Waals surface area (Å²) in [6.07, 6.45) is -2.63. The molecule has 1 aromatic rings. The molecule has 1 N–H and O–H groups in total. The number of thioether (sulfide) groups is 1. The summed E-state index contributed by atoms with van der Waals surface area (Å²) < 4.78 is 25.7. The number of rotatable bonds is 6. The third-order valence-electron chi connectivity index (χ3n) is 2.35. The van der Waals surface area contributed by atoms with Crippen LogP contribution >= 0.6 is 11.8 Å². The SMILES string of the molecule is CCC(Sc1ccc([N+](=O)[O-])cc1C(F)F)C(=O)O. The van der Waals surface area contributed by atoms with Crippen LogP contribution in [0.25, 0.3) is 0 Å². The molecule has 5 nitrogen and oxygen atoms in total. The van der Waals surface area contributed by atoms with E-state index >= 15 is 0 Å². The van der Waals surface area contributed by atoms with Gasteiger partial charge in [-0.1, -0.05) is 6.92 Å². The molecule has 0 heterocycles. The quantitative estimate of drug-likeness (QED) is 0.493. The van der Waals surface area contributed by atoms with Gasteiger partial charge >= 0.3 is 5.97 Å². The molecule has 0 fully saturated rings. The first-order chi connectivity index (χ1) is 8.86. The third-order valence-corrected chi connectivity index (χ3v) is 3.80. The van der Waals surface area contributed by atoms with Gasteiger partial charge in [-0.2, -0.15) is 0 Å². The third kappa shape index (κ3) is 3.88. The number of hydrogen-bond donors (Lipinski definition) is 1. The van der Waals surface area contributed by atoms with Crippen molar-refractivity contribution in [3.8, 4) is 0 Å². The number of hydrogen-bond acceptors (Lipinski definition) is 4. The van der Waals surface area contributed by atoms with Crippen LogP contribution in [-0.4, -0.2) is 21.2 Å². The molecule has 8 heteroatoms. The first-order valence-electron chi connectivity index (χ1n) is 5.32. The van der Waals surface area contributed by atoms with Crippen LogP contribution in [-0.2, 0) is 4.79 Å². The zero-order valence-corrected chi connectivity index (χ0v) is 10.7. The molecular weight excluding hydrogens is 280 g/mol. The minimum Gasteiger partial charge on any atom is -0.480 e. The molecule has 0 saturated heterocycles.